The summed E-state index contributed by atoms with van der Waals surface area (Å²) >= 11 is 7.33. The first kappa shape index (κ1) is 14.8. The van der Waals surface area contributed by atoms with Gasteiger partial charge >= 0.3 is 0 Å². The van der Waals surface area contributed by atoms with Gasteiger partial charge < -0.3 is 16.8 Å². The SMILES string of the molecule is NCCNc1nc(N)nc(SCc2ccc(Cl)cc2)n1. The Morgan fingerprint density at radius 2 is 1.90 bits per heavy atom. The molecule has 1 heterocycles. The highest BCUT2D eigenvalue weighted by Gasteiger charge is 2.05. The molecule has 8 heteroatoms. The number of aromatic nitrogens is 3. The van der Waals surface area contributed by atoms with Gasteiger partial charge in [0.15, 0.2) is 5.16 Å². The minimum Gasteiger partial charge on any atom is -0.368 e. The van der Waals surface area contributed by atoms with Crippen LogP contribution in [0, 0.1) is 0 Å². The van der Waals surface area contributed by atoms with E-state index in [0.29, 0.717) is 24.2 Å². The lowest BCUT2D eigenvalue weighted by Gasteiger charge is -2.06. The van der Waals surface area contributed by atoms with Crippen molar-refractivity contribution in [1.82, 2.24) is 15.0 Å². The summed E-state index contributed by atoms with van der Waals surface area (Å²) in [7, 11) is 0. The number of hydrogen-bond donors (Lipinski definition) is 3. The summed E-state index contributed by atoms with van der Waals surface area (Å²) in [6.07, 6.45) is 0. The molecular formula is C12H15ClN6S. The lowest BCUT2D eigenvalue weighted by atomic mass is 10.2. The smallest absolute Gasteiger partial charge is 0.228 e. The molecular weight excluding hydrogens is 296 g/mol. The van der Waals surface area contributed by atoms with E-state index in [1.54, 1.807) is 0 Å². The molecule has 1 aromatic carbocycles. The van der Waals surface area contributed by atoms with Gasteiger partial charge in [0.25, 0.3) is 0 Å². The zero-order chi connectivity index (χ0) is 14.4. The van der Waals surface area contributed by atoms with E-state index in [4.69, 9.17) is 23.1 Å². The third-order valence-corrected chi connectivity index (χ3v) is 3.51. The second-order valence-corrected chi connectivity index (χ2v) is 5.31. The molecule has 0 atom stereocenters. The van der Waals surface area contributed by atoms with Crippen molar-refractivity contribution in [1.29, 1.82) is 0 Å². The van der Waals surface area contributed by atoms with Crippen LogP contribution in [0.2, 0.25) is 5.02 Å². The van der Waals surface area contributed by atoms with Crippen molar-refractivity contribution in [2.75, 3.05) is 24.1 Å². The minimum absolute atomic E-state index is 0.193. The lowest BCUT2D eigenvalue weighted by molar-refractivity contribution is 0.897. The van der Waals surface area contributed by atoms with Crippen LogP contribution in [0.15, 0.2) is 29.4 Å². The largest absolute Gasteiger partial charge is 0.368 e. The molecule has 0 saturated carbocycles. The van der Waals surface area contributed by atoms with Crippen LogP contribution in [0.3, 0.4) is 0 Å². The molecule has 0 unspecified atom stereocenters. The summed E-state index contributed by atoms with van der Waals surface area (Å²) < 4.78 is 0. The van der Waals surface area contributed by atoms with Crippen molar-refractivity contribution in [2.24, 2.45) is 5.73 Å². The second-order valence-electron chi connectivity index (χ2n) is 3.93. The molecule has 20 heavy (non-hydrogen) atoms. The Bertz CT molecular complexity index is 562. The van der Waals surface area contributed by atoms with Gasteiger partial charge in [0, 0.05) is 23.9 Å². The van der Waals surface area contributed by atoms with Crippen molar-refractivity contribution in [3.63, 3.8) is 0 Å². The Morgan fingerprint density at radius 1 is 1.15 bits per heavy atom. The molecule has 5 N–H and O–H groups in total. The molecule has 0 spiro atoms. The van der Waals surface area contributed by atoms with E-state index in [1.165, 1.54) is 11.8 Å². The lowest BCUT2D eigenvalue weighted by Crippen LogP contribution is -2.16. The van der Waals surface area contributed by atoms with E-state index >= 15 is 0 Å². The topological polar surface area (TPSA) is 103 Å². The highest BCUT2D eigenvalue weighted by atomic mass is 35.5. The van der Waals surface area contributed by atoms with Gasteiger partial charge in [0.05, 0.1) is 0 Å². The second kappa shape index (κ2) is 7.28. The fraction of sp³-hybridized carbons (Fsp3) is 0.250. The van der Waals surface area contributed by atoms with Crippen molar-refractivity contribution in [3.8, 4) is 0 Å². The number of nitrogens with one attached hydrogen (secondary N) is 1. The van der Waals surface area contributed by atoms with Gasteiger partial charge in [-0.05, 0) is 17.7 Å². The van der Waals surface area contributed by atoms with E-state index < -0.39 is 0 Å². The van der Waals surface area contributed by atoms with Crippen LogP contribution in [0.5, 0.6) is 0 Å². The highest BCUT2D eigenvalue weighted by molar-refractivity contribution is 7.98. The van der Waals surface area contributed by atoms with E-state index in [-0.39, 0.29) is 5.95 Å². The predicted molar refractivity (Wildman–Crippen MR) is 82.8 cm³/mol. The molecule has 2 rings (SSSR count). The van der Waals surface area contributed by atoms with Gasteiger partial charge in [-0.25, -0.2) is 0 Å². The predicted octanol–water partition coefficient (Wildman–Crippen LogP) is 1.77. The molecule has 0 aliphatic rings. The number of nitrogens with zero attached hydrogens (tertiary/aromatic N) is 3. The summed E-state index contributed by atoms with van der Waals surface area (Å²) in [5, 5.41) is 4.28. The molecule has 6 nitrogen and oxygen atoms in total. The summed E-state index contributed by atoms with van der Waals surface area (Å²) in [4.78, 5) is 12.4. The zero-order valence-electron chi connectivity index (χ0n) is 10.7. The van der Waals surface area contributed by atoms with Crippen molar-refractivity contribution >= 4 is 35.3 Å². The monoisotopic (exact) mass is 310 g/mol. The fourth-order valence-corrected chi connectivity index (χ4v) is 2.35. The maximum absolute atomic E-state index is 5.84. The molecule has 0 aliphatic carbocycles. The number of nitrogen functional groups attached to an aromatic ring is 1. The van der Waals surface area contributed by atoms with Crippen molar-refractivity contribution < 1.29 is 0 Å². The third kappa shape index (κ3) is 4.52. The van der Waals surface area contributed by atoms with Gasteiger partial charge in [0.2, 0.25) is 11.9 Å². The molecule has 2 aromatic rings. The van der Waals surface area contributed by atoms with Gasteiger partial charge in [-0.3, -0.25) is 0 Å². The number of rotatable bonds is 6. The average Bonchev–Trinajstić information content (AvgIpc) is 2.44. The Kier molecular flexibility index (Phi) is 5.40. The Morgan fingerprint density at radius 3 is 2.60 bits per heavy atom. The Hall–Kier alpha value is -1.57. The van der Waals surface area contributed by atoms with Crippen molar-refractivity contribution in [2.45, 2.75) is 10.9 Å². The fourth-order valence-electron chi connectivity index (χ4n) is 1.43. The van der Waals surface area contributed by atoms with Gasteiger partial charge in [-0.1, -0.05) is 35.5 Å². The van der Waals surface area contributed by atoms with Gasteiger partial charge in [-0.2, -0.15) is 15.0 Å². The third-order valence-electron chi connectivity index (χ3n) is 2.34. The van der Waals surface area contributed by atoms with Gasteiger partial charge in [-0.15, -0.1) is 0 Å². The molecule has 0 amide bonds. The number of thioether (sulfide) groups is 1. The maximum Gasteiger partial charge on any atom is 0.228 e. The number of hydrogen-bond acceptors (Lipinski definition) is 7. The summed E-state index contributed by atoms with van der Waals surface area (Å²) in [6.45, 7) is 1.09. The van der Waals surface area contributed by atoms with E-state index in [2.05, 4.69) is 20.3 Å². The van der Waals surface area contributed by atoms with Crippen LogP contribution in [-0.4, -0.2) is 28.0 Å². The van der Waals surface area contributed by atoms with Crippen LogP contribution in [-0.2, 0) is 5.75 Å². The highest BCUT2D eigenvalue weighted by Crippen LogP contribution is 2.21. The van der Waals surface area contributed by atoms with Crippen LogP contribution in [0.25, 0.3) is 0 Å². The molecule has 0 radical (unpaired) electrons. The molecule has 0 fully saturated rings. The average molecular weight is 311 g/mol. The normalized spacial score (nSPS) is 10.5. The molecule has 106 valence electrons. The summed E-state index contributed by atoms with van der Waals surface area (Å²) in [5.74, 6) is 1.37. The van der Waals surface area contributed by atoms with Crippen LogP contribution >= 0.6 is 23.4 Å². The van der Waals surface area contributed by atoms with Crippen LogP contribution < -0.4 is 16.8 Å². The minimum atomic E-state index is 0.193. The van der Waals surface area contributed by atoms with Crippen LogP contribution in [0.1, 0.15) is 5.56 Å². The molecule has 0 saturated heterocycles. The Labute approximate surface area is 126 Å². The van der Waals surface area contributed by atoms with Crippen molar-refractivity contribution in [3.05, 3.63) is 34.9 Å². The number of nitrogens with two attached hydrogens (primary N) is 2. The number of benzene rings is 1. The number of anilines is 2. The Balaban J connectivity index is 2.01. The maximum atomic E-state index is 5.84. The molecule has 0 aliphatic heterocycles. The first-order valence-corrected chi connectivity index (χ1v) is 7.36. The first-order valence-electron chi connectivity index (χ1n) is 6.00. The zero-order valence-corrected chi connectivity index (χ0v) is 12.3. The number of halogens is 1. The standard InChI is InChI=1S/C12H15ClN6S/c13-9-3-1-8(2-4-9)7-20-12-18-10(15)17-11(19-12)16-6-5-14/h1-4H,5-7,14H2,(H3,15,16,17,18,19). The quantitative estimate of drug-likeness (QED) is 0.699. The first-order chi connectivity index (χ1) is 9.67. The van der Waals surface area contributed by atoms with Crippen LogP contribution in [0.4, 0.5) is 11.9 Å². The van der Waals surface area contributed by atoms with E-state index in [1.807, 2.05) is 24.3 Å². The summed E-state index contributed by atoms with van der Waals surface area (Å²) in [6, 6.07) is 7.64. The molecule has 1 aromatic heterocycles. The van der Waals surface area contributed by atoms with E-state index in [0.717, 1.165) is 16.3 Å². The summed E-state index contributed by atoms with van der Waals surface area (Å²) in [5.41, 5.74) is 12.2. The van der Waals surface area contributed by atoms with E-state index in [9.17, 15) is 0 Å². The molecule has 0 bridgehead atoms. The van der Waals surface area contributed by atoms with Gasteiger partial charge in [0.1, 0.15) is 0 Å².